The minimum absolute atomic E-state index is 0.0283. The van der Waals surface area contributed by atoms with E-state index in [1.165, 1.54) is 15.6 Å². The molecule has 5 aliphatic heterocycles. The quantitative estimate of drug-likeness (QED) is 0.230. The zero-order chi connectivity index (χ0) is 41.9. The molecule has 4 N–H and O–H groups in total. The van der Waals surface area contributed by atoms with Gasteiger partial charge in [0, 0.05) is 75.7 Å². The number of carbonyl (C=O) groups is 4. The van der Waals surface area contributed by atoms with E-state index in [4.69, 9.17) is 10.8 Å². The topological polar surface area (TPSA) is 165 Å². The molecule has 2 aromatic heterocycles. The van der Waals surface area contributed by atoms with Gasteiger partial charge in [0.05, 0.1) is 24.5 Å². The Morgan fingerprint density at radius 3 is 2.40 bits per heavy atom. The van der Waals surface area contributed by atoms with Crippen LogP contribution in [0.4, 0.5) is 36.5 Å². The highest BCUT2D eigenvalue weighted by atomic mass is 19.3. The van der Waals surface area contributed by atoms with Crippen LogP contribution in [0.5, 0.6) is 0 Å². The zero-order valence-corrected chi connectivity index (χ0v) is 34.1. The van der Waals surface area contributed by atoms with Crippen molar-refractivity contribution in [1.82, 2.24) is 34.6 Å². The lowest BCUT2D eigenvalue weighted by molar-refractivity contribution is -0.139. The highest BCUT2D eigenvalue weighted by molar-refractivity contribution is 6.06. The molecule has 17 heteroatoms. The van der Waals surface area contributed by atoms with Crippen molar-refractivity contribution in [3.63, 3.8) is 0 Å². The number of rotatable bonds is 8. The molecular formula is C43H51F2N11O4. The van der Waals surface area contributed by atoms with Gasteiger partial charge in [0.1, 0.15) is 5.69 Å². The number of imidazole rings is 1. The minimum Gasteiger partial charge on any atom is -0.385 e. The number of alkyl halides is 2. The summed E-state index contributed by atoms with van der Waals surface area (Å²) in [6, 6.07) is 12.0. The highest BCUT2D eigenvalue weighted by Gasteiger charge is 2.50. The van der Waals surface area contributed by atoms with Crippen molar-refractivity contribution in [1.29, 1.82) is 0 Å². The summed E-state index contributed by atoms with van der Waals surface area (Å²) in [4.78, 5) is 63.7. The van der Waals surface area contributed by atoms with E-state index in [-0.39, 0.29) is 42.4 Å². The molecule has 5 aliphatic rings. The molecule has 7 heterocycles. The predicted octanol–water partition coefficient (Wildman–Crippen LogP) is 4.55. The third-order valence-corrected chi connectivity index (χ3v) is 13.6. The molecule has 4 aromatic rings. The van der Waals surface area contributed by atoms with Crippen LogP contribution in [0.15, 0.2) is 48.7 Å². The molecule has 1 atom stereocenters. The van der Waals surface area contributed by atoms with Crippen LogP contribution in [0.2, 0.25) is 0 Å². The van der Waals surface area contributed by atoms with Gasteiger partial charge >= 0.3 is 6.03 Å². The number of benzene rings is 2. The summed E-state index contributed by atoms with van der Waals surface area (Å²) in [5.74, 6) is -3.27. The zero-order valence-electron chi connectivity index (χ0n) is 34.1. The van der Waals surface area contributed by atoms with Crippen LogP contribution in [0, 0.1) is 12.3 Å². The number of primary amides is 1. The van der Waals surface area contributed by atoms with Gasteiger partial charge in [-0.1, -0.05) is 18.2 Å². The average molecular weight is 824 g/mol. The number of amides is 5. The summed E-state index contributed by atoms with van der Waals surface area (Å²) >= 11 is 0. The lowest BCUT2D eigenvalue weighted by Crippen LogP contribution is -2.60. The second kappa shape index (κ2) is 15.4. The first-order valence-corrected chi connectivity index (χ1v) is 20.9. The number of nitrogens with one attached hydrogen (secondary N) is 2. The minimum atomic E-state index is -2.87. The molecule has 9 rings (SSSR count). The van der Waals surface area contributed by atoms with Crippen LogP contribution in [0.1, 0.15) is 76.1 Å². The highest BCUT2D eigenvalue weighted by Crippen LogP contribution is 2.44. The predicted molar refractivity (Wildman–Crippen MR) is 222 cm³/mol. The average Bonchev–Trinajstić information content (AvgIpc) is 3.87. The van der Waals surface area contributed by atoms with Crippen molar-refractivity contribution in [2.45, 2.75) is 70.4 Å². The van der Waals surface area contributed by atoms with Gasteiger partial charge in [0.15, 0.2) is 11.5 Å². The van der Waals surface area contributed by atoms with Crippen LogP contribution < -0.4 is 26.2 Å². The molecule has 0 radical (unpaired) electrons. The number of halogens is 2. The molecule has 5 amide bonds. The molecule has 4 saturated heterocycles. The second-order valence-corrected chi connectivity index (χ2v) is 17.1. The summed E-state index contributed by atoms with van der Waals surface area (Å²) in [5, 5.41) is 10.2. The van der Waals surface area contributed by atoms with E-state index < -0.39 is 23.9 Å². The number of likely N-dealkylation sites (tertiary alicyclic amines) is 3. The lowest BCUT2D eigenvalue weighted by atomic mass is 9.70. The Balaban J connectivity index is 0.800. The summed E-state index contributed by atoms with van der Waals surface area (Å²) in [6.45, 7) is 5.92. The Labute approximate surface area is 346 Å². The molecule has 2 aromatic carbocycles. The molecule has 0 bridgehead atoms. The molecule has 316 valence electrons. The van der Waals surface area contributed by atoms with Gasteiger partial charge in [-0.3, -0.25) is 34.4 Å². The maximum atomic E-state index is 16.1. The largest absolute Gasteiger partial charge is 0.385 e. The Morgan fingerprint density at radius 1 is 0.933 bits per heavy atom. The van der Waals surface area contributed by atoms with Crippen LogP contribution in [-0.4, -0.2) is 124 Å². The molecule has 1 spiro atoms. The number of fused-ring (bicyclic) bond motifs is 2. The van der Waals surface area contributed by atoms with E-state index in [1.807, 2.05) is 52.0 Å². The number of hydrogen-bond donors (Lipinski definition) is 3. The number of nitrogens with zero attached hydrogens (tertiary/aromatic N) is 8. The van der Waals surface area contributed by atoms with Gasteiger partial charge in [0.2, 0.25) is 5.91 Å². The van der Waals surface area contributed by atoms with Crippen LogP contribution in [-0.2, 0) is 17.8 Å². The summed E-state index contributed by atoms with van der Waals surface area (Å²) < 4.78 is 33.7. The van der Waals surface area contributed by atoms with E-state index >= 15 is 8.78 Å². The summed E-state index contributed by atoms with van der Waals surface area (Å²) in [7, 11) is 1.78. The molecular weight excluding hydrogens is 773 g/mol. The number of aromatic nitrogens is 3. The number of aryl methyl sites for hydroxylation is 1. The molecule has 0 saturated carbocycles. The second-order valence-electron chi connectivity index (χ2n) is 17.1. The van der Waals surface area contributed by atoms with Gasteiger partial charge in [-0.15, -0.1) is 5.10 Å². The summed E-state index contributed by atoms with van der Waals surface area (Å²) in [5.41, 5.74) is 12.1. The van der Waals surface area contributed by atoms with Gasteiger partial charge in [-0.2, -0.15) is 0 Å². The first-order valence-electron chi connectivity index (χ1n) is 20.9. The Hall–Kier alpha value is -5.68. The van der Waals surface area contributed by atoms with Gasteiger partial charge < -0.3 is 20.9 Å². The van der Waals surface area contributed by atoms with Crippen molar-refractivity contribution in [3.05, 3.63) is 76.6 Å². The van der Waals surface area contributed by atoms with Gasteiger partial charge in [-0.25, -0.2) is 23.1 Å². The number of urea groups is 1. The number of carbonyl (C=O) groups excluding carboxylic acids is 4. The van der Waals surface area contributed by atoms with E-state index in [1.54, 1.807) is 19.2 Å². The fourth-order valence-corrected chi connectivity index (χ4v) is 10.2. The number of hydrogen-bond acceptors (Lipinski definition) is 10. The molecule has 4 fully saturated rings. The first kappa shape index (κ1) is 39.8. The monoisotopic (exact) mass is 823 g/mol. The SMILES string of the molecule is CNc1cc(N2CCc3c(CN4CCC(N5CCC6(CCN(C(=O)c7ccc(C)c(N8CCC(=O)NC8=O)c7)CC6)CC5)C(F)(F)C4)cccc32)nn2c(C(N)=O)cnc12. The lowest BCUT2D eigenvalue weighted by Gasteiger charge is -2.51. The summed E-state index contributed by atoms with van der Waals surface area (Å²) in [6.07, 6.45) is 6.06. The van der Waals surface area contributed by atoms with Crippen molar-refractivity contribution >= 4 is 52.3 Å². The van der Waals surface area contributed by atoms with Crippen molar-refractivity contribution in [3.8, 4) is 0 Å². The molecule has 0 aliphatic carbocycles. The Kier molecular flexibility index (Phi) is 10.2. The van der Waals surface area contributed by atoms with Crippen LogP contribution in [0.3, 0.4) is 0 Å². The van der Waals surface area contributed by atoms with E-state index in [0.717, 1.165) is 54.5 Å². The smallest absolute Gasteiger partial charge is 0.328 e. The molecule has 60 heavy (non-hydrogen) atoms. The number of imide groups is 1. The van der Waals surface area contributed by atoms with Gasteiger partial charge in [0.25, 0.3) is 17.7 Å². The number of piperidine rings is 3. The third-order valence-electron chi connectivity index (χ3n) is 13.6. The normalized spacial score (nSPS) is 22.0. The maximum Gasteiger partial charge on any atom is 0.328 e. The van der Waals surface area contributed by atoms with E-state index in [0.29, 0.717) is 80.6 Å². The fraction of sp³-hybridized carbons (Fsp3) is 0.488. The maximum absolute atomic E-state index is 16.1. The Morgan fingerprint density at radius 2 is 1.68 bits per heavy atom. The first-order chi connectivity index (χ1) is 28.8. The molecule has 1 unspecified atom stereocenters. The standard InChI is InChI=1S/C43H51F2N11O4/c1-27-6-7-28(22-33(27)55-17-10-37(57)49-41(55)60)40(59)53-20-13-42(14-21-53)11-18-52(19-12-42)35-9-15-51(26-43(35,44)45)25-29-4-3-5-32-30(29)8-16-54(32)36-23-31(47-2)39-48-24-34(38(46)58)56(39)50-36/h3-7,22-24,35,47H,8-21,25-26H2,1-2H3,(H2,46,58)(H,49,57,60). The van der Waals surface area contributed by atoms with Crippen molar-refractivity contribution in [2.24, 2.45) is 11.1 Å². The van der Waals surface area contributed by atoms with Crippen LogP contribution >= 0.6 is 0 Å². The molecule has 15 nitrogen and oxygen atoms in total. The van der Waals surface area contributed by atoms with E-state index in [2.05, 4.69) is 20.5 Å². The van der Waals surface area contributed by atoms with Crippen molar-refractivity contribution in [2.75, 3.05) is 74.5 Å². The van der Waals surface area contributed by atoms with Crippen molar-refractivity contribution < 1.29 is 28.0 Å². The van der Waals surface area contributed by atoms with Crippen LogP contribution in [0.25, 0.3) is 5.65 Å². The third kappa shape index (κ3) is 7.20. The van der Waals surface area contributed by atoms with Gasteiger partial charge in [-0.05, 0) is 98.8 Å². The van der Waals surface area contributed by atoms with E-state index in [9.17, 15) is 19.2 Å². The number of nitrogens with two attached hydrogens (primary N) is 1. The number of anilines is 4. The fourth-order valence-electron chi connectivity index (χ4n) is 10.2. The Bertz CT molecular complexity index is 2370.